The number of esters is 1. The molecule has 146 valence electrons. The van der Waals surface area contributed by atoms with E-state index in [4.69, 9.17) is 16.3 Å². The Balaban J connectivity index is 1.75. The minimum atomic E-state index is -0.467. The van der Waals surface area contributed by atoms with Gasteiger partial charge in [0.25, 0.3) is 5.91 Å². The number of aryl methyl sites for hydroxylation is 1. The molecular weight excluding hydrogens is 456 g/mol. The van der Waals surface area contributed by atoms with Gasteiger partial charge in [-0.05, 0) is 61.0 Å². The number of amides is 1. The Bertz CT molecular complexity index is 1080. The van der Waals surface area contributed by atoms with E-state index in [-0.39, 0.29) is 5.91 Å². The average Bonchev–Trinajstić information content (AvgIpc) is 2.70. The fourth-order valence-electron chi connectivity index (χ4n) is 2.50. The van der Waals surface area contributed by atoms with Crippen LogP contribution in [-0.4, -0.2) is 18.1 Å². The van der Waals surface area contributed by atoms with Gasteiger partial charge in [-0.25, -0.2) is 10.2 Å². The van der Waals surface area contributed by atoms with Crippen molar-refractivity contribution in [1.29, 1.82) is 0 Å². The first-order chi connectivity index (χ1) is 13.9. The number of nitrogens with one attached hydrogen (secondary N) is 1. The highest BCUT2D eigenvalue weighted by atomic mass is 79.9. The predicted molar refractivity (Wildman–Crippen MR) is 117 cm³/mol. The molecule has 0 saturated heterocycles. The first-order valence-electron chi connectivity index (χ1n) is 8.60. The lowest BCUT2D eigenvalue weighted by atomic mass is 10.1. The molecule has 7 heteroatoms. The summed E-state index contributed by atoms with van der Waals surface area (Å²) in [6.45, 7) is 1.84. The van der Waals surface area contributed by atoms with Crippen molar-refractivity contribution >= 4 is 45.6 Å². The normalized spacial score (nSPS) is 10.7. The van der Waals surface area contributed by atoms with Crippen LogP contribution in [0.15, 0.2) is 76.3 Å². The first kappa shape index (κ1) is 20.8. The highest BCUT2D eigenvalue weighted by Crippen LogP contribution is 2.23. The number of halogens is 2. The van der Waals surface area contributed by atoms with Gasteiger partial charge in [0.2, 0.25) is 0 Å². The van der Waals surface area contributed by atoms with E-state index in [1.165, 1.54) is 6.21 Å². The molecule has 0 atom stereocenters. The number of hydrogen-bond acceptors (Lipinski definition) is 4. The van der Waals surface area contributed by atoms with Crippen LogP contribution >= 0.6 is 27.5 Å². The standard InChI is InChI=1S/C22H16BrClN2O3/c1-14-4-2-3-5-19(14)22(28)29-20-11-8-17(23)12-16(20)13-25-26-21(27)15-6-9-18(24)10-7-15/h2-13H,1H3,(H,26,27)/b25-13-. The molecule has 0 unspecified atom stereocenters. The van der Waals surface area contributed by atoms with E-state index < -0.39 is 5.97 Å². The van der Waals surface area contributed by atoms with Gasteiger partial charge in [-0.3, -0.25) is 4.79 Å². The van der Waals surface area contributed by atoms with Crippen molar-refractivity contribution in [2.45, 2.75) is 6.92 Å². The van der Waals surface area contributed by atoms with Crippen molar-refractivity contribution in [2.24, 2.45) is 5.10 Å². The fourth-order valence-corrected chi connectivity index (χ4v) is 3.00. The summed E-state index contributed by atoms with van der Waals surface area (Å²) in [4.78, 5) is 24.6. The lowest BCUT2D eigenvalue weighted by Crippen LogP contribution is -2.17. The van der Waals surface area contributed by atoms with Crippen LogP contribution in [0, 0.1) is 6.92 Å². The Hall–Kier alpha value is -2.96. The lowest BCUT2D eigenvalue weighted by Gasteiger charge is -2.09. The molecule has 0 radical (unpaired) electrons. The molecule has 3 aromatic carbocycles. The summed E-state index contributed by atoms with van der Waals surface area (Å²) in [7, 11) is 0. The summed E-state index contributed by atoms with van der Waals surface area (Å²) in [5.41, 5.74) is 4.69. The van der Waals surface area contributed by atoms with E-state index in [1.54, 1.807) is 54.6 Å². The maximum Gasteiger partial charge on any atom is 0.343 e. The van der Waals surface area contributed by atoms with Crippen molar-refractivity contribution in [1.82, 2.24) is 5.43 Å². The number of ether oxygens (including phenoxy) is 1. The maximum atomic E-state index is 12.5. The smallest absolute Gasteiger partial charge is 0.343 e. The minimum absolute atomic E-state index is 0.325. The second-order valence-electron chi connectivity index (χ2n) is 6.09. The summed E-state index contributed by atoms with van der Waals surface area (Å²) in [5, 5.41) is 4.51. The molecule has 5 nitrogen and oxygen atoms in total. The van der Waals surface area contributed by atoms with Gasteiger partial charge in [0, 0.05) is 20.6 Å². The van der Waals surface area contributed by atoms with Crippen LogP contribution in [0.3, 0.4) is 0 Å². The van der Waals surface area contributed by atoms with Crippen LogP contribution < -0.4 is 10.2 Å². The zero-order valence-electron chi connectivity index (χ0n) is 15.4. The van der Waals surface area contributed by atoms with E-state index in [2.05, 4.69) is 26.5 Å². The molecule has 3 rings (SSSR count). The minimum Gasteiger partial charge on any atom is -0.422 e. The first-order valence-corrected chi connectivity index (χ1v) is 9.77. The summed E-state index contributed by atoms with van der Waals surface area (Å²) in [5.74, 6) is -0.525. The van der Waals surface area contributed by atoms with Crippen molar-refractivity contribution in [2.75, 3.05) is 0 Å². The van der Waals surface area contributed by atoms with Gasteiger partial charge in [0.1, 0.15) is 5.75 Å². The highest BCUT2D eigenvalue weighted by molar-refractivity contribution is 9.10. The van der Waals surface area contributed by atoms with Crippen LogP contribution in [-0.2, 0) is 0 Å². The predicted octanol–water partition coefficient (Wildman–Crippen LogP) is 5.39. The van der Waals surface area contributed by atoms with Crippen molar-refractivity contribution < 1.29 is 14.3 Å². The van der Waals surface area contributed by atoms with Gasteiger partial charge < -0.3 is 4.74 Å². The molecule has 0 saturated carbocycles. The van der Waals surface area contributed by atoms with Crippen LogP contribution in [0.5, 0.6) is 5.75 Å². The third kappa shape index (κ3) is 5.53. The Morgan fingerprint density at radius 3 is 2.52 bits per heavy atom. The number of carbonyl (C=O) groups excluding carboxylic acids is 2. The number of benzene rings is 3. The molecule has 0 aromatic heterocycles. The third-order valence-corrected chi connectivity index (χ3v) is 4.76. The van der Waals surface area contributed by atoms with Gasteiger partial charge in [-0.1, -0.05) is 45.7 Å². The summed E-state index contributed by atoms with van der Waals surface area (Å²) in [6, 6.07) is 18.8. The maximum absolute atomic E-state index is 12.5. The topological polar surface area (TPSA) is 67.8 Å². The zero-order valence-corrected chi connectivity index (χ0v) is 17.7. The van der Waals surface area contributed by atoms with Gasteiger partial charge in [-0.15, -0.1) is 0 Å². The molecule has 3 aromatic rings. The number of hydrazone groups is 1. The summed E-state index contributed by atoms with van der Waals surface area (Å²) >= 11 is 9.20. The number of hydrogen-bond donors (Lipinski definition) is 1. The second-order valence-corrected chi connectivity index (χ2v) is 7.44. The summed E-state index contributed by atoms with van der Waals surface area (Å²) in [6.07, 6.45) is 1.42. The SMILES string of the molecule is Cc1ccccc1C(=O)Oc1ccc(Br)cc1/C=N\NC(=O)c1ccc(Cl)cc1. The third-order valence-electron chi connectivity index (χ3n) is 4.02. The molecule has 0 heterocycles. The zero-order chi connectivity index (χ0) is 20.8. The Morgan fingerprint density at radius 2 is 1.79 bits per heavy atom. The Kier molecular flexibility index (Phi) is 6.80. The van der Waals surface area contributed by atoms with Crippen molar-refractivity contribution in [3.63, 3.8) is 0 Å². The lowest BCUT2D eigenvalue weighted by molar-refractivity contribution is 0.0733. The van der Waals surface area contributed by atoms with E-state index in [0.717, 1.165) is 10.0 Å². The van der Waals surface area contributed by atoms with E-state index in [1.807, 2.05) is 19.1 Å². The number of rotatable bonds is 5. The largest absolute Gasteiger partial charge is 0.422 e. The van der Waals surface area contributed by atoms with Crippen LogP contribution in [0.4, 0.5) is 0 Å². The van der Waals surface area contributed by atoms with Crippen molar-refractivity contribution in [3.05, 3.63) is 98.5 Å². The van der Waals surface area contributed by atoms with Gasteiger partial charge in [0.15, 0.2) is 0 Å². The molecule has 0 spiro atoms. The quantitative estimate of drug-likeness (QED) is 0.235. The summed E-state index contributed by atoms with van der Waals surface area (Å²) < 4.78 is 6.32. The molecule has 0 fully saturated rings. The molecule has 29 heavy (non-hydrogen) atoms. The number of carbonyl (C=O) groups is 2. The van der Waals surface area contributed by atoms with Crippen LogP contribution in [0.1, 0.15) is 31.8 Å². The van der Waals surface area contributed by atoms with Gasteiger partial charge in [0.05, 0.1) is 11.8 Å². The average molecular weight is 472 g/mol. The second kappa shape index (κ2) is 9.49. The number of nitrogens with zero attached hydrogens (tertiary/aromatic N) is 1. The molecule has 1 amide bonds. The molecule has 0 aliphatic rings. The highest BCUT2D eigenvalue weighted by Gasteiger charge is 2.13. The monoisotopic (exact) mass is 470 g/mol. The fraction of sp³-hybridized carbons (Fsp3) is 0.0455. The Labute approximate surface area is 181 Å². The van der Waals surface area contributed by atoms with E-state index in [0.29, 0.717) is 27.5 Å². The van der Waals surface area contributed by atoms with E-state index in [9.17, 15) is 9.59 Å². The molecule has 0 aliphatic carbocycles. The van der Waals surface area contributed by atoms with Crippen LogP contribution in [0.25, 0.3) is 0 Å². The van der Waals surface area contributed by atoms with Gasteiger partial charge in [-0.2, -0.15) is 5.10 Å². The molecule has 0 bridgehead atoms. The van der Waals surface area contributed by atoms with Crippen LogP contribution in [0.2, 0.25) is 5.02 Å². The molecule has 1 N–H and O–H groups in total. The van der Waals surface area contributed by atoms with E-state index >= 15 is 0 Å². The molecular formula is C22H16BrClN2O3. The molecule has 0 aliphatic heterocycles. The Morgan fingerprint density at radius 1 is 1.07 bits per heavy atom. The van der Waals surface area contributed by atoms with Gasteiger partial charge >= 0.3 is 5.97 Å². The van der Waals surface area contributed by atoms with Crippen molar-refractivity contribution in [3.8, 4) is 5.75 Å².